The van der Waals surface area contributed by atoms with Crippen molar-refractivity contribution in [1.82, 2.24) is 35.1 Å². The second-order valence-electron chi connectivity index (χ2n) is 10.6. The zero-order chi connectivity index (χ0) is 29.2. The summed E-state index contributed by atoms with van der Waals surface area (Å²) < 4.78 is 8.78. The van der Waals surface area contributed by atoms with Crippen LogP contribution in [0.2, 0.25) is 0 Å². The first-order valence-corrected chi connectivity index (χ1v) is 15.4. The number of hydrogen-bond acceptors (Lipinski definition) is 9. The number of aryl methyl sites for hydroxylation is 2. The van der Waals surface area contributed by atoms with Crippen LogP contribution in [0, 0.1) is 0 Å². The molecule has 3 aromatic heterocycles. The second-order valence-corrected chi connectivity index (χ2v) is 11.6. The molecule has 1 saturated heterocycles. The van der Waals surface area contributed by atoms with Gasteiger partial charge in [-0.15, -0.1) is 5.10 Å². The van der Waals surface area contributed by atoms with Crippen molar-refractivity contribution in [3.63, 3.8) is 0 Å². The van der Waals surface area contributed by atoms with Crippen molar-refractivity contribution in [3.8, 4) is 5.75 Å². The van der Waals surface area contributed by atoms with Crippen LogP contribution in [-0.4, -0.2) is 67.9 Å². The van der Waals surface area contributed by atoms with E-state index in [-0.39, 0.29) is 5.56 Å². The van der Waals surface area contributed by atoms with Crippen LogP contribution in [0.15, 0.2) is 83.7 Å². The minimum absolute atomic E-state index is 0.145. The molecule has 6 aromatic rings. The van der Waals surface area contributed by atoms with E-state index in [1.165, 1.54) is 10.3 Å². The molecule has 0 unspecified atom stereocenters. The van der Waals surface area contributed by atoms with E-state index in [0.29, 0.717) is 24.5 Å². The highest BCUT2D eigenvalue weighted by Crippen LogP contribution is 2.32. The van der Waals surface area contributed by atoms with E-state index in [4.69, 9.17) is 9.72 Å². The number of tetrazole rings is 1. The predicted molar refractivity (Wildman–Crippen MR) is 169 cm³/mol. The number of hydrogen-bond donors (Lipinski definition) is 1. The molecule has 218 valence electrons. The van der Waals surface area contributed by atoms with Crippen LogP contribution < -0.4 is 15.2 Å². The molecule has 7 rings (SSSR count). The van der Waals surface area contributed by atoms with Crippen LogP contribution in [0.4, 0.5) is 5.13 Å². The van der Waals surface area contributed by atoms with Crippen LogP contribution in [0.1, 0.15) is 29.9 Å². The van der Waals surface area contributed by atoms with Gasteiger partial charge in [-0.25, -0.2) is 9.67 Å². The molecule has 1 fully saturated rings. The molecule has 0 radical (unpaired) electrons. The first-order chi connectivity index (χ1) is 21.2. The van der Waals surface area contributed by atoms with Crippen molar-refractivity contribution in [2.24, 2.45) is 0 Å². The van der Waals surface area contributed by atoms with Crippen LogP contribution in [0.5, 0.6) is 5.75 Å². The van der Waals surface area contributed by atoms with Crippen molar-refractivity contribution in [2.45, 2.75) is 25.9 Å². The quantitative estimate of drug-likeness (QED) is 0.258. The number of H-pyrrole nitrogens is 1. The summed E-state index contributed by atoms with van der Waals surface area (Å²) in [5, 5.41) is 14.9. The average Bonchev–Trinajstić information content (AvgIpc) is 3.69. The number of fused-ring (bicyclic) bond motifs is 2. The summed E-state index contributed by atoms with van der Waals surface area (Å²) in [7, 11) is 0. The van der Waals surface area contributed by atoms with Gasteiger partial charge in [-0.2, -0.15) is 0 Å². The molecular weight excluding hydrogens is 560 g/mol. The molecule has 43 heavy (non-hydrogen) atoms. The lowest BCUT2D eigenvalue weighted by Gasteiger charge is -2.38. The second kappa shape index (κ2) is 11.9. The highest BCUT2D eigenvalue weighted by molar-refractivity contribution is 7.22. The lowest BCUT2D eigenvalue weighted by atomic mass is 10.0. The van der Waals surface area contributed by atoms with Crippen LogP contribution >= 0.6 is 11.3 Å². The lowest BCUT2D eigenvalue weighted by Crippen LogP contribution is -2.49. The van der Waals surface area contributed by atoms with Crippen LogP contribution in [0.3, 0.4) is 0 Å². The van der Waals surface area contributed by atoms with E-state index in [0.717, 1.165) is 59.9 Å². The van der Waals surface area contributed by atoms with Gasteiger partial charge in [-0.1, -0.05) is 53.8 Å². The number of aromatic amines is 1. The molecule has 0 amide bonds. The smallest absolute Gasteiger partial charge is 0.253 e. The van der Waals surface area contributed by atoms with E-state index >= 15 is 0 Å². The maximum Gasteiger partial charge on any atom is 0.253 e. The van der Waals surface area contributed by atoms with Crippen molar-refractivity contribution < 1.29 is 4.74 Å². The zero-order valence-corrected chi connectivity index (χ0v) is 24.7. The molecule has 0 spiro atoms. The third-order valence-electron chi connectivity index (χ3n) is 7.94. The number of para-hydroxylation sites is 1. The molecular formula is C32H32N8O2S. The van der Waals surface area contributed by atoms with Gasteiger partial charge in [0.05, 0.1) is 16.8 Å². The summed E-state index contributed by atoms with van der Waals surface area (Å²) in [6, 6.07) is 25.8. The SMILES string of the molecule is CCOc1ccc2[nH]c(=O)c([C@H](c3nnnn3CCc3ccccc3)N3CCN(c4nc5ccccc5s4)CC3)cc2c1. The van der Waals surface area contributed by atoms with Gasteiger partial charge in [0.15, 0.2) is 11.0 Å². The normalized spacial score (nSPS) is 14.9. The van der Waals surface area contributed by atoms with Gasteiger partial charge in [-0.3, -0.25) is 9.69 Å². The van der Waals surface area contributed by atoms with Gasteiger partial charge < -0.3 is 14.6 Å². The summed E-state index contributed by atoms with van der Waals surface area (Å²) in [5.74, 6) is 1.43. The monoisotopic (exact) mass is 592 g/mol. The summed E-state index contributed by atoms with van der Waals surface area (Å²) >= 11 is 1.72. The first kappa shape index (κ1) is 27.2. The maximum absolute atomic E-state index is 13.7. The fourth-order valence-corrected chi connectivity index (χ4v) is 6.79. The number of ether oxygens (including phenoxy) is 1. The summed E-state index contributed by atoms with van der Waals surface area (Å²) in [5.41, 5.74) is 3.46. The highest BCUT2D eigenvalue weighted by Gasteiger charge is 2.33. The number of thiazole rings is 1. The van der Waals surface area contributed by atoms with Crippen molar-refractivity contribution in [3.05, 3.63) is 106 Å². The third kappa shape index (κ3) is 5.61. The highest BCUT2D eigenvalue weighted by atomic mass is 32.1. The maximum atomic E-state index is 13.7. The van der Waals surface area contributed by atoms with Crippen molar-refractivity contribution in [2.75, 3.05) is 37.7 Å². The molecule has 1 N–H and O–H groups in total. The third-order valence-corrected chi connectivity index (χ3v) is 9.04. The Morgan fingerprint density at radius 1 is 0.977 bits per heavy atom. The molecule has 0 saturated carbocycles. The Labute approximate surface area is 252 Å². The number of anilines is 1. The Hall–Kier alpha value is -4.61. The van der Waals surface area contributed by atoms with Gasteiger partial charge >= 0.3 is 0 Å². The molecule has 1 atom stereocenters. The summed E-state index contributed by atoms with van der Waals surface area (Å²) in [4.78, 5) is 26.3. The van der Waals surface area contributed by atoms with E-state index in [9.17, 15) is 4.79 Å². The number of nitrogens with one attached hydrogen (secondary N) is 1. The van der Waals surface area contributed by atoms with E-state index < -0.39 is 6.04 Å². The number of aromatic nitrogens is 6. The number of pyridine rings is 1. The standard InChI is InChI=1S/C32H32N8O2S/c1-2-42-24-12-13-26-23(20-24)21-25(31(41)33-26)29(30-35-36-37-40(30)15-14-22-8-4-3-5-9-22)38-16-18-39(19-17-38)32-34-27-10-6-7-11-28(27)43-32/h3-13,20-21,29H,2,14-19H2,1H3,(H,33,41)/t29-/m1/s1. The first-order valence-electron chi connectivity index (χ1n) is 14.6. The Kier molecular flexibility index (Phi) is 7.56. The number of rotatable bonds is 9. The Morgan fingerprint density at radius 3 is 2.60 bits per heavy atom. The van der Waals surface area contributed by atoms with Crippen LogP contribution in [0.25, 0.3) is 21.1 Å². The largest absolute Gasteiger partial charge is 0.494 e. The fraction of sp³-hybridized carbons (Fsp3) is 0.281. The van der Waals surface area contributed by atoms with E-state index in [2.05, 4.69) is 54.6 Å². The zero-order valence-electron chi connectivity index (χ0n) is 23.9. The Balaban J connectivity index is 1.23. The molecule has 11 heteroatoms. The van der Waals surface area contributed by atoms with Gasteiger partial charge in [0, 0.05) is 49.2 Å². The molecule has 3 aromatic carbocycles. The van der Waals surface area contributed by atoms with Crippen molar-refractivity contribution >= 4 is 37.6 Å². The minimum atomic E-state index is -0.424. The lowest BCUT2D eigenvalue weighted by molar-refractivity contribution is 0.199. The predicted octanol–water partition coefficient (Wildman–Crippen LogP) is 4.68. The average molecular weight is 593 g/mol. The summed E-state index contributed by atoms with van der Waals surface area (Å²) in [6.07, 6.45) is 0.781. The molecule has 4 heterocycles. The number of nitrogens with zero attached hydrogens (tertiary/aromatic N) is 7. The van der Waals surface area contributed by atoms with Gasteiger partial charge in [-0.05, 0) is 65.7 Å². The number of benzene rings is 3. The molecule has 10 nitrogen and oxygen atoms in total. The van der Waals surface area contributed by atoms with Crippen molar-refractivity contribution in [1.29, 1.82) is 0 Å². The van der Waals surface area contributed by atoms with E-state index in [1.54, 1.807) is 11.3 Å². The molecule has 1 aliphatic rings. The number of piperazine rings is 1. The van der Waals surface area contributed by atoms with Gasteiger partial charge in [0.2, 0.25) is 0 Å². The minimum Gasteiger partial charge on any atom is -0.494 e. The van der Waals surface area contributed by atoms with Crippen LogP contribution in [-0.2, 0) is 13.0 Å². The molecule has 1 aliphatic heterocycles. The topological polar surface area (TPSA) is 105 Å². The molecule has 0 bridgehead atoms. The fourth-order valence-electron chi connectivity index (χ4n) is 5.77. The van der Waals surface area contributed by atoms with E-state index in [1.807, 2.05) is 66.2 Å². The van der Waals surface area contributed by atoms with Gasteiger partial charge in [0.1, 0.15) is 11.8 Å². The summed E-state index contributed by atoms with van der Waals surface area (Å²) in [6.45, 7) is 6.14. The Bertz CT molecular complexity index is 1880. The Morgan fingerprint density at radius 2 is 1.79 bits per heavy atom. The van der Waals surface area contributed by atoms with Gasteiger partial charge in [0.25, 0.3) is 5.56 Å². The molecule has 0 aliphatic carbocycles.